The van der Waals surface area contributed by atoms with Crippen LogP contribution in [0, 0.1) is 0 Å². The fourth-order valence-corrected chi connectivity index (χ4v) is 2.77. The van der Waals surface area contributed by atoms with E-state index >= 15 is 0 Å². The second-order valence-electron chi connectivity index (χ2n) is 5.21. The Bertz CT molecular complexity index is 369. The molecule has 2 aliphatic rings. The zero-order valence-corrected chi connectivity index (χ0v) is 10.4. The van der Waals surface area contributed by atoms with Crippen LogP contribution in [0.3, 0.4) is 0 Å². The van der Waals surface area contributed by atoms with Crippen molar-refractivity contribution in [2.45, 2.75) is 25.0 Å². The molecule has 0 aromatic heterocycles. The molecule has 3 heteroatoms. The first kappa shape index (κ1) is 11.1. The van der Waals surface area contributed by atoms with Gasteiger partial charge in [0.25, 0.3) is 0 Å². The van der Waals surface area contributed by atoms with Gasteiger partial charge in [0, 0.05) is 25.6 Å². The molecule has 0 amide bonds. The number of likely N-dealkylation sites (tertiary alicyclic amines) is 1. The number of ether oxygens (including phenoxy) is 1. The molecule has 0 spiro atoms. The Hall–Kier alpha value is -1.06. The van der Waals surface area contributed by atoms with Crippen molar-refractivity contribution in [3.63, 3.8) is 0 Å². The van der Waals surface area contributed by atoms with Gasteiger partial charge in [0.1, 0.15) is 11.9 Å². The minimum absolute atomic E-state index is 0.318. The predicted molar refractivity (Wildman–Crippen MR) is 68.5 cm³/mol. The third kappa shape index (κ3) is 2.45. The second kappa shape index (κ2) is 4.67. The maximum atomic E-state index is 5.92. The maximum Gasteiger partial charge on any atom is 0.123 e. The fourth-order valence-electron chi connectivity index (χ4n) is 2.77. The Morgan fingerprint density at radius 3 is 3.06 bits per heavy atom. The number of nitrogens with one attached hydrogen (secondary N) is 1. The topological polar surface area (TPSA) is 24.5 Å². The molecule has 92 valence electrons. The predicted octanol–water partition coefficient (Wildman–Crippen LogP) is 1.28. The molecule has 17 heavy (non-hydrogen) atoms. The summed E-state index contributed by atoms with van der Waals surface area (Å²) in [5.41, 5.74) is 1.35. The van der Waals surface area contributed by atoms with E-state index < -0.39 is 0 Å². The van der Waals surface area contributed by atoms with Gasteiger partial charge in [-0.3, -0.25) is 0 Å². The summed E-state index contributed by atoms with van der Waals surface area (Å²) in [6.07, 6.45) is 2.63. The summed E-state index contributed by atoms with van der Waals surface area (Å²) in [6.45, 7) is 3.34. The van der Waals surface area contributed by atoms with Crippen molar-refractivity contribution in [3.05, 3.63) is 29.8 Å². The molecular formula is C14H20N2O. The van der Waals surface area contributed by atoms with E-state index in [4.69, 9.17) is 4.74 Å². The SMILES string of the molecule is CN1CCC(NCC2Cc3ccccc3O2)C1. The van der Waals surface area contributed by atoms with Crippen molar-refractivity contribution in [1.82, 2.24) is 10.2 Å². The lowest BCUT2D eigenvalue weighted by Gasteiger charge is -2.16. The minimum Gasteiger partial charge on any atom is -0.488 e. The van der Waals surface area contributed by atoms with Gasteiger partial charge >= 0.3 is 0 Å². The third-order valence-electron chi connectivity index (χ3n) is 3.74. The van der Waals surface area contributed by atoms with E-state index in [1.807, 2.05) is 6.07 Å². The Labute approximate surface area is 103 Å². The lowest BCUT2D eigenvalue weighted by Crippen LogP contribution is -2.38. The first-order chi connectivity index (χ1) is 8.31. The monoisotopic (exact) mass is 232 g/mol. The highest BCUT2D eigenvalue weighted by molar-refractivity contribution is 5.37. The van der Waals surface area contributed by atoms with Crippen molar-refractivity contribution in [2.24, 2.45) is 0 Å². The van der Waals surface area contributed by atoms with Gasteiger partial charge in [-0.05, 0) is 31.6 Å². The number of likely N-dealkylation sites (N-methyl/N-ethyl adjacent to an activating group) is 1. The Morgan fingerprint density at radius 1 is 1.41 bits per heavy atom. The molecule has 0 aliphatic carbocycles. The van der Waals surface area contributed by atoms with E-state index in [2.05, 4.69) is 35.5 Å². The highest BCUT2D eigenvalue weighted by atomic mass is 16.5. The van der Waals surface area contributed by atoms with Crippen LogP contribution in [0.5, 0.6) is 5.75 Å². The van der Waals surface area contributed by atoms with Gasteiger partial charge in [-0.2, -0.15) is 0 Å². The summed E-state index contributed by atoms with van der Waals surface area (Å²) in [6, 6.07) is 9.01. The normalized spacial score (nSPS) is 28.1. The summed E-state index contributed by atoms with van der Waals surface area (Å²) in [5, 5.41) is 3.62. The van der Waals surface area contributed by atoms with Crippen LogP contribution in [0.1, 0.15) is 12.0 Å². The van der Waals surface area contributed by atoms with Crippen LogP contribution in [-0.2, 0) is 6.42 Å². The molecule has 0 saturated carbocycles. The van der Waals surface area contributed by atoms with Crippen LogP contribution < -0.4 is 10.1 Å². The molecular weight excluding hydrogens is 212 g/mol. The largest absolute Gasteiger partial charge is 0.488 e. The minimum atomic E-state index is 0.318. The lowest BCUT2D eigenvalue weighted by molar-refractivity contribution is 0.221. The third-order valence-corrected chi connectivity index (χ3v) is 3.74. The molecule has 3 nitrogen and oxygen atoms in total. The van der Waals surface area contributed by atoms with E-state index in [0.717, 1.165) is 18.7 Å². The van der Waals surface area contributed by atoms with Crippen molar-refractivity contribution in [1.29, 1.82) is 0 Å². The number of para-hydroxylation sites is 1. The van der Waals surface area contributed by atoms with Crippen LogP contribution >= 0.6 is 0 Å². The Balaban J connectivity index is 1.49. The molecule has 1 N–H and O–H groups in total. The first-order valence-corrected chi connectivity index (χ1v) is 6.48. The summed E-state index contributed by atoms with van der Waals surface area (Å²) < 4.78 is 5.92. The molecule has 1 fully saturated rings. The summed E-state index contributed by atoms with van der Waals surface area (Å²) in [5.74, 6) is 1.07. The van der Waals surface area contributed by atoms with Crippen LogP contribution in [0.2, 0.25) is 0 Å². The summed E-state index contributed by atoms with van der Waals surface area (Å²) in [4.78, 5) is 2.38. The average Bonchev–Trinajstić information content (AvgIpc) is 2.91. The Kier molecular flexibility index (Phi) is 3.04. The van der Waals surface area contributed by atoms with Gasteiger partial charge in [-0.1, -0.05) is 18.2 Å². The Morgan fingerprint density at radius 2 is 2.29 bits per heavy atom. The zero-order chi connectivity index (χ0) is 11.7. The molecule has 2 unspecified atom stereocenters. The number of nitrogens with zero attached hydrogens (tertiary/aromatic N) is 1. The standard InChI is InChI=1S/C14H20N2O/c1-16-7-6-12(10-16)15-9-13-8-11-4-2-3-5-14(11)17-13/h2-5,12-13,15H,6-10H2,1H3. The van der Waals surface area contributed by atoms with Crippen LogP contribution in [0.25, 0.3) is 0 Å². The molecule has 3 rings (SSSR count). The number of fused-ring (bicyclic) bond motifs is 1. The number of benzene rings is 1. The van der Waals surface area contributed by atoms with Crippen LogP contribution in [0.15, 0.2) is 24.3 Å². The van der Waals surface area contributed by atoms with Crippen molar-refractivity contribution < 1.29 is 4.74 Å². The molecule has 2 aliphatic heterocycles. The van der Waals surface area contributed by atoms with E-state index in [-0.39, 0.29) is 0 Å². The van der Waals surface area contributed by atoms with Crippen molar-refractivity contribution in [3.8, 4) is 5.75 Å². The molecule has 1 aromatic carbocycles. The molecule has 1 saturated heterocycles. The lowest BCUT2D eigenvalue weighted by atomic mass is 10.1. The van der Waals surface area contributed by atoms with E-state index in [1.54, 1.807) is 0 Å². The smallest absolute Gasteiger partial charge is 0.123 e. The highest BCUT2D eigenvalue weighted by Crippen LogP contribution is 2.27. The van der Waals surface area contributed by atoms with E-state index in [1.165, 1.54) is 25.1 Å². The highest BCUT2D eigenvalue weighted by Gasteiger charge is 2.24. The van der Waals surface area contributed by atoms with Crippen LogP contribution in [-0.4, -0.2) is 43.7 Å². The maximum absolute atomic E-state index is 5.92. The van der Waals surface area contributed by atoms with Crippen molar-refractivity contribution in [2.75, 3.05) is 26.7 Å². The number of hydrogen-bond donors (Lipinski definition) is 1. The van der Waals surface area contributed by atoms with Gasteiger partial charge in [0.05, 0.1) is 0 Å². The molecule has 1 aromatic rings. The van der Waals surface area contributed by atoms with Gasteiger partial charge in [0.15, 0.2) is 0 Å². The quantitative estimate of drug-likeness (QED) is 0.850. The van der Waals surface area contributed by atoms with Gasteiger partial charge in [0.2, 0.25) is 0 Å². The second-order valence-corrected chi connectivity index (χ2v) is 5.21. The average molecular weight is 232 g/mol. The van der Waals surface area contributed by atoms with Crippen molar-refractivity contribution >= 4 is 0 Å². The molecule has 2 heterocycles. The summed E-state index contributed by atoms with van der Waals surface area (Å²) in [7, 11) is 2.18. The molecule has 2 atom stereocenters. The number of hydrogen-bond acceptors (Lipinski definition) is 3. The van der Waals surface area contributed by atoms with Crippen LogP contribution in [0.4, 0.5) is 0 Å². The van der Waals surface area contributed by atoms with E-state index in [9.17, 15) is 0 Å². The molecule has 0 radical (unpaired) electrons. The zero-order valence-electron chi connectivity index (χ0n) is 10.4. The van der Waals surface area contributed by atoms with Gasteiger partial charge in [-0.15, -0.1) is 0 Å². The fraction of sp³-hybridized carbons (Fsp3) is 0.571. The van der Waals surface area contributed by atoms with Gasteiger partial charge in [-0.25, -0.2) is 0 Å². The first-order valence-electron chi connectivity index (χ1n) is 6.48. The summed E-state index contributed by atoms with van der Waals surface area (Å²) >= 11 is 0. The van der Waals surface area contributed by atoms with Gasteiger partial charge < -0.3 is 15.0 Å². The number of rotatable bonds is 3. The molecule has 0 bridgehead atoms. The van der Waals surface area contributed by atoms with E-state index in [0.29, 0.717) is 12.1 Å².